The van der Waals surface area contributed by atoms with Crippen molar-refractivity contribution in [2.75, 3.05) is 26.4 Å². The first-order chi connectivity index (χ1) is 17.5. The van der Waals surface area contributed by atoms with Crippen molar-refractivity contribution in [3.05, 3.63) is 53.6 Å². The van der Waals surface area contributed by atoms with Crippen LogP contribution in [0.1, 0.15) is 11.1 Å². The van der Waals surface area contributed by atoms with E-state index >= 15 is 0 Å². The normalized spacial score (nSPS) is 24.2. The first-order valence-corrected chi connectivity index (χ1v) is 11.9. The molecule has 0 saturated carbocycles. The molecule has 0 radical (unpaired) electrons. The number of fused-ring (bicyclic) bond motifs is 1. The molecule has 0 spiro atoms. The number of nitrogens with zero attached hydrogens (tertiary/aromatic N) is 2. The molecule has 0 unspecified atom stereocenters. The topological polar surface area (TPSA) is 173 Å². The summed E-state index contributed by atoms with van der Waals surface area (Å²) < 4.78 is 18.5. The van der Waals surface area contributed by atoms with Crippen LogP contribution < -0.4 is 15.2 Å². The molecule has 1 aliphatic rings. The zero-order valence-corrected chi connectivity index (χ0v) is 19.8. The average molecular weight is 504 g/mol. The number of aromatic nitrogens is 2. The third-order valence-electron chi connectivity index (χ3n) is 6.21. The second-order valence-corrected chi connectivity index (χ2v) is 8.66. The van der Waals surface area contributed by atoms with Crippen LogP contribution in [0.5, 0.6) is 11.6 Å². The maximum absolute atomic E-state index is 10.4. The lowest BCUT2D eigenvalue weighted by molar-refractivity contribution is -0.278. The van der Waals surface area contributed by atoms with Gasteiger partial charge in [-0.1, -0.05) is 24.3 Å². The SMILES string of the molecule is NCCOc1ccc(CCc2cccc3c2c(O[C@@H]2O[C@H](CO)[C@@H](O)[C@H](O)[C@H]2O)nn3CCO)cc1. The molecule has 1 aromatic heterocycles. The predicted molar refractivity (Wildman–Crippen MR) is 130 cm³/mol. The molecule has 196 valence electrons. The van der Waals surface area contributed by atoms with Gasteiger partial charge in [0.25, 0.3) is 0 Å². The average Bonchev–Trinajstić information content (AvgIpc) is 3.25. The van der Waals surface area contributed by atoms with Gasteiger partial charge in [0.05, 0.1) is 30.7 Å². The Labute approximate surface area is 208 Å². The third-order valence-corrected chi connectivity index (χ3v) is 6.21. The molecule has 5 atom stereocenters. The van der Waals surface area contributed by atoms with Crippen molar-refractivity contribution < 1.29 is 39.7 Å². The lowest BCUT2D eigenvalue weighted by Gasteiger charge is -2.39. The summed E-state index contributed by atoms with van der Waals surface area (Å²) in [5, 5.41) is 54.8. The van der Waals surface area contributed by atoms with E-state index in [1.165, 1.54) is 0 Å². The standard InChI is InChI=1S/C25H33N3O8/c26-10-13-34-17-8-5-15(6-9-17)4-7-16-2-1-3-18-20(16)24(27-28(18)11-12-29)36-25-23(33)22(32)21(31)19(14-30)35-25/h1-3,5-6,8-9,19,21-23,25,29-33H,4,7,10-14,26H2/t19-,21-,22+,23-,25+/m1/s1. The Morgan fingerprint density at radius 2 is 1.75 bits per heavy atom. The highest BCUT2D eigenvalue weighted by molar-refractivity contribution is 5.88. The van der Waals surface area contributed by atoms with E-state index in [2.05, 4.69) is 5.10 Å². The van der Waals surface area contributed by atoms with E-state index in [4.69, 9.17) is 19.9 Å². The zero-order chi connectivity index (χ0) is 25.7. The quantitative estimate of drug-likeness (QED) is 0.197. The Bertz CT molecular complexity index is 1120. The second-order valence-electron chi connectivity index (χ2n) is 8.66. The van der Waals surface area contributed by atoms with E-state index in [-0.39, 0.29) is 19.0 Å². The molecule has 7 N–H and O–H groups in total. The minimum absolute atomic E-state index is 0.140. The van der Waals surface area contributed by atoms with Gasteiger partial charge in [-0.3, -0.25) is 4.68 Å². The van der Waals surface area contributed by atoms with Gasteiger partial charge in [0.15, 0.2) is 0 Å². The zero-order valence-electron chi connectivity index (χ0n) is 19.8. The fraction of sp³-hybridized carbons (Fsp3) is 0.480. The van der Waals surface area contributed by atoms with Crippen molar-refractivity contribution in [1.29, 1.82) is 0 Å². The van der Waals surface area contributed by atoms with E-state index in [0.29, 0.717) is 25.0 Å². The van der Waals surface area contributed by atoms with Gasteiger partial charge in [-0.15, -0.1) is 5.10 Å². The molecule has 36 heavy (non-hydrogen) atoms. The van der Waals surface area contributed by atoms with E-state index in [0.717, 1.165) is 28.8 Å². The van der Waals surface area contributed by atoms with Crippen molar-refractivity contribution in [2.24, 2.45) is 5.73 Å². The summed E-state index contributed by atoms with van der Waals surface area (Å²) in [5.74, 6) is 0.913. The molecule has 2 aromatic carbocycles. The molecule has 11 heteroatoms. The number of aryl methyl sites for hydroxylation is 2. The van der Waals surface area contributed by atoms with E-state index in [1.807, 2.05) is 42.5 Å². The molecular formula is C25H33N3O8. The van der Waals surface area contributed by atoms with Crippen molar-refractivity contribution >= 4 is 10.9 Å². The number of aliphatic hydroxyl groups is 5. The summed E-state index contributed by atoms with van der Waals surface area (Å²) in [6.07, 6.45) is -5.71. The molecule has 2 heterocycles. The summed E-state index contributed by atoms with van der Waals surface area (Å²) >= 11 is 0. The molecule has 0 amide bonds. The molecule has 11 nitrogen and oxygen atoms in total. The number of aliphatic hydroxyl groups excluding tert-OH is 5. The van der Waals surface area contributed by atoms with Gasteiger partial charge in [-0.25, -0.2) is 0 Å². The maximum Gasteiger partial charge on any atom is 0.243 e. The number of ether oxygens (including phenoxy) is 3. The lowest BCUT2D eigenvalue weighted by atomic mass is 9.99. The van der Waals surface area contributed by atoms with Crippen LogP contribution >= 0.6 is 0 Å². The van der Waals surface area contributed by atoms with E-state index in [1.54, 1.807) is 4.68 Å². The monoisotopic (exact) mass is 503 g/mol. The highest BCUT2D eigenvalue weighted by Gasteiger charge is 2.45. The third kappa shape index (κ3) is 5.62. The first-order valence-electron chi connectivity index (χ1n) is 11.9. The molecule has 0 bridgehead atoms. The fourth-order valence-electron chi connectivity index (χ4n) is 4.30. The summed E-state index contributed by atoms with van der Waals surface area (Å²) in [4.78, 5) is 0. The highest BCUT2D eigenvalue weighted by atomic mass is 16.7. The van der Waals surface area contributed by atoms with Crippen molar-refractivity contribution in [3.63, 3.8) is 0 Å². The van der Waals surface area contributed by atoms with Crippen LogP contribution in [0.25, 0.3) is 10.9 Å². The van der Waals surface area contributed by atoms with Crippen LogP contribution in [0.15, 0.2) is 42.5 Å². The van der Waals surface area contributed by atoms with Crippen molar-refractivity contribution in [1.82, 2.24) is 9.78 Å². The van der Waals surface area contributed by atoms with E-state index < -0.39 is 37.3 Å². The summed E-state index contributed by atoms with van der Waals surface area (Å²) in [6.45, 7) is 0.423. The smallest absolute Gasteiger partial charge is 0.243 e. The van der Waals surface area contributed by atoms with Gasteiger partial charge in [0.1, 0.15) is 36.8 Å². The van der Waals surface area contributed by atoms with Gasteiger partial charge in [-0.2, -0.15) is 0 Å². The van der Waals surface area contributed by atoms with Crippen LogP contribution in [-0.4, -0.2) is 92.4 Å². The van der Waals surface area contributed by atoms with E-state index in [9.17, 15) is 25.5 Å². The largest absolute Gasteiger partial charge is 0.492 e. The Morgan fingerprint density at radius 3 is 2.44 bits per heavy atom. The Balaban J connectivity index is 1.59. The van der Waals surface area contributed by atoms with Crippen LogP contribution in [-0.2, 0) is 24.1 Å². The summed E-state index contributed by atoms with van der Waals surface area (Å²) in [5.41, 5.74) is 8.24. The summed E-state index contributed by atoms with van der Waals surface area (Å²) in [7, 11) is 0. The lowest BCUT2D eigenvalue weighted by Crippen LogP contribution is -2.60. The van der Waals surface area contributed by atoms with Crippen LogP contribution in [0.3, 0.4) is 0 Å². The fourth-order valence-corrected chi connectivity index (χ4v) is 4.30. The molecule has 3 aromatic rings. The summed E-state index contributed by atoms with van der Waals surface area (Å²) in [6, 6.07) is 13.5. The van der Waals surface area contributed by atoms with Gasteiger partial charge >= 0.3 is 0 Å². The number of hydrogen-bond donors (Lipinski definition) is 6. The Kier molecular flexibility index (Phi) is 8.75. The van der Waals surface area contributed by atoms with Crippen LogP contribution in [0, 0.1) is 0 Å². The van der Waals surface area contributed by atoms with Gasteiger partial charge < -0.3 is 45.5 Å². The number of rotatable bonds is 11. The second kappa shape index (κ2) is 12.0. The minimum Gasteiger partial charge on any atom is -0.492 e. The van der Waals surface area contributed by atoms with Crippen molar-refractivity contribution in [3.8, 4) is 11.6 Å². The molecular weight excluding hydrogens is 470 g/mol. The predicted octanol–water partition coefficient (Wildman–Crippen LogP) is -0.670. The molecule has 1 saturated heterocycles. The molecule has 4 rings (SSSR count). The highest BCUT2D eigenvalue weighted by Crippen LogP contribution is 2.32. The first kappa shape index (κ1) is 26.3. The van der Waals surface area contributed by atoms with Crippen molar-refractivity contribution in [2.45, 2.75) is 50.1 Å². The number of hydrogen-bond acceptors (Lipinski definition) is 10. The number of nitrogens with two attached hydrogens (primary N) is 1. The molecule has 1 aliphatic heterocycles. The van der Waals surface area contributed by atoms with Crippen LogP contribution in [0.4, 0.5) is 0 Å². The van der Waals surface area contributed by atoms with Gasteiger partial charge in [0.2, 0.25) is 12.2 Å². The Hall–Kier alpha value is -2.77. The molecule has 1 fully saturated rings. The minimum atomic E-state index is -1.57. The number of benzene rings is 2. The van der Waals surface area contributed by atoms with Crippen LogP contribution in [0.2, 0.25) is 0 Å². The molecule has 0 aliphatic carbocycles. The van der Waals surface area contributed by atoms with Gasteiger partial charge in [-0.05, 0) is 42.2 Å². The van der Waals surface area contributed by atoms with Gasteiger partial charge in [0, 0.05) is 6.54 Å². The maximum atomic E-state index is 10.4. The Morgan fingerprint density at radius 1 is 0.972 bits per heavy atom.